The van der Waals surface area contributed by atoms with Crippen molar-refractivity contribution in [1.82, 2.24) is 0 Å². The van der Waals surface area contributed by atoms with Crippen LogP contribution in [-0.2, 0) is 19.3 Å². The smallest absolute Gasteiger partial charge is 0.137 e. The number of halogens is 2. The molecule has 0 amide bonds. The zero-order valence-corrected chi connectivity index (χ0v) is 13.5. The average Bonchev–Trinajstić information content (AvgIpc) is 2.51. The van der Waals surface area contributed by atoms with Crippen molar-refractivity contribution in [2.24, 2.45) is 11.1 Å². The maximum absolute atomic E-state index is 13.4. The number of hydrogen-bond acceptors (Lipinski definition) is 1. The van der Waals surface area contributed by atoms with Gasteiger partial charge < -0.3 is 5.73 Å². The summed E-state index contributed by atoms with van der Waals surface area (Å²) in [5, 5.41) is 0. The van der Waals surface area contributed by atoms with Crippen molar-refractivity contribution in [3.63, 3.8) is 0 Å². The fraction of sp³-hybridized carbons (Fsp3) is 0.333. The van der Waals surface area contributed by atoms with Gasteiger partial charge in [-0.2, -0.15) is 0 Å². The number of nitrogens with two attached hydrogens (primary N) is 1. The number of aryl methyl sites for hydroxylation is 1. The largest absolute Gasteiger partial charge is 0.330 e. The molecule has 1 unspecified atom stereocenters. The normalized spacial score (nSPS) is 21.1. The van der Waals surface area contributed by atoms with Crippen molar-refractivity contribution in [1.29, 1.82) is 0 Å². The maximum Gasteiger partial charge on any atom is 0.137 e. The first kappa shape index (κ1) is 14.7. The van der Waals surface area contributed by atoms with Crippen LogP contribution in [0.25, 0.3) is 0 Å². The van der Waals surface area contributed by atoms with Gasteiger partial charge in [0, 0.05) is 0 Å². The Hall–Kier alpha value is -1.19. The van der Waals surface area contributed by atoms with E-state index in [1.165, 1.54) is 17.2 Å². The van der Waals surface area contributed by atoms with Crippen molar-refractivity contribution in [3.8, 4) is 0 Å². The van der Waals surface area contributed by atoms with Gasteiger partial charge in [0.2, 0.25) is 0 Å². The standard InChI is InChI=1S/C18H19BrFN/c19-16-9-13(5-6-17(16)20)10-18(12-21)8-7-14-3-1-2-4-15(14)11-18/h1-6,9H,7-8,10-12,21H2. The Kier molecular flexibility index (Phi) is 4.14. The van der Waals surface area contributed by atoms with Gasteiger partial charge in [0.15, 0.2) is 0 Å². The van der Waals surface area contributed by atoms with Gasteiger partial charge in [-0.1, -0.05) is 30.3 Å². The first-order valence-corrected chi connectivity index (χ1v) is 8.12. The summed E-state index contributed by atoms with van der Waals surface area (Å²) in [7, 11) is 0. The van der Waals surface area contributed by atoms with E-state index in [2.05, 4.69) is 40.2 Å². The minimum Gasteiger partial charge on any atom is -0.330 e. The Morgan fingerprint density at radius 1 is 1.14 bits per heavy atom. The van der Waals surface area contributed by atoms with Crippen LogP contribution in [-0.4, -0.2) is 6.54 Å². The fourth-order valence-electron chi connectivity index (χ4n) is 3.35. The Bertz CT molecular complexity index is 655. The summed E-state index contributed by atoms with van der Waals surface area (Å²) in [6.07, 6.45) is 4.08. The van der Waals surface area contributed by atoms with Gasteiger partial charge in [0.05, 0.1) is 4.47 Å². The third-order valence-electron chi connectivity index (χ3n) is 4.60. The molecule has 110 valence electrons. The molecule has 2 N–H and O–H groups in total. The van der Waals surface area contributed by atoms with E-state index >= 15 is 0 Å². The molecule has 1 nitrogen and oxygen atoms in total. The van der Waals surface area contributed by atoms with E-state index in [0.717, 1.165) is 31.2 Å². The van der Waals surface area contributed by atoms with Crippen LogP contribution in [0.3, 0.4) is 0 Å². The lowest BCUT2D eigenvalue weighted by molar-refractivity contribution is 0.254. The number of rotatable bonds is 3. The summed E-state index contributed by atoms with van der Waals surface area (Å²) in [5.74, 6) is -0.213. The maximum atomic E-state index is 13.4. The lowest BCUT2D eigenvalue weighted by atomic mass is 9.68. The molecule has 0 bridgehead atoms. The van der Waals surface area contributed by atoms with E-state index in [4.69, 9.17) is 5.73 Å². The van der Waals surface area contributed by atoms with Crippen LogP contribution in [0.4, 0.5) is 4.39 Å². The first-order chi connectivity index (χ1) is 10.1. The second-order valence-electron chi connectivity index (χ2n) is 6.07. The van der Waals surface area contributed by atoms with Crippen LogP contribution in [0.15, 0.2) is 46.9 Å². The molecule has 1 aliphatic carbocycles. The van der Waals surface area contributed by atoms with Crippen molar-refractivity contribution >= 4 is 15.9 Å². The highest BCUT2D eigenvalue weighted by Crippen LogP contribution is 2.38. The lowest BCUT2D eigenvalue weighted by Gasteiger charge is -2.37. The summed E-state index contributed by atoms with van der Waals surface area (Å²) in [6.45, 7) is 0.663. The van der Waals surface area contributed by atoms with Gasteiger partial charge in [-0.15, -0.1) is 0 Å². The van der Waals surface area contributed by atoms with E-state index in [1.807, 2.05) is 12.1 Å². The molecule has 0 fully saturated rings. The van der Waals surface area contributed by atoms with E-state index in [-0.39, 0.29) is 11.2 Å². The van der Waals surface area contributed by atoms with Crippen molar-refractivity contribution in [3.05, 3.63) is 69.4 Å². The van der Waals surface area contributed by atoms with E-state index < -0.39 is 0 Å². The molecule has 3 heteroatoms. The van der Waals surface area contributed by atoms with Crippen molar-refractivity contribution in [2.75, 3.05) is 6.54 Å². The zero-order chi connectivity index (χ0) is 14.9. The van der Waals surface area contributed by atoms with Gasteiger partial charge in [-0.3, -0.25) is 0 Å². The third-order valence-corrected chi connectivity index (χ3v) is 5.21. The second-order valence-corrected chi connectivity index (χ2v) is 6.93. The topological polar surface area (TPSA) is 26.0 Å². The molecule has 0 aromatic heterocycles. The SMILES string of the molecule is NCC1(Cc2ccc(F)c(Br)c2)CCc2ccccc2C1. The van der Waals surface area contributed by atoms with Gasteiger partial charge >= 0.3 is 0 Å². The van der Waals surface area contributed by atoms with Crippen LogP contribution in [0, 0.1) is 11.2 Å². The summed E-state index contributed by atoms with van der Waals surface area (Å²) < 4.78 is 13.9. The predicted molar refractivity (Wildman–Crippen MR) is 87.8 cm³/mol. The first-order valence-electron chi connectivity index (χ1n) is 7.33. The molecule has 1 aliphatic rings. The third kappa shape index (κ3) is 3.04. The Balaban J connectivity index is 1.86. The molecular weight excluding hydrogens is 329 g/mol. The quantitative estimate of drug-likeness (QED) is 0.881. The Labute approximate surface area is 133 Å². The minimum atomic E-state index is -0.213. The zero-order valence-electron chi connectivity index (χ0n) is 11.9. The van der Waals surface area contributed by atoms with Gasteiger partial charge in [-0.05, 0) is 82.4 Å². The average molecular weight is 348 g/mol. The number of fused-ring (bicyclic) bond motifs is 1. The van der Waals surface area contributed by atoms with Crippen molar-refractivity contribution < 1.29 is 4.39 Å². The Morgan fingerprint density at radius 3 is 2.62 bits per heavy atom. The molecule has 0 saturated carbocycles. The Morgan fingerprint density at radius 2 is 1.90 bits per heavy atom. The second kappa shape index (κ2) is 5.90. The number of hydrogen-bond donors (Lipinski definition) is 1. The lowest BCUT2D eigenvalue weighted by Crippen LogP contribution is -2.38. The molecule has 21 heavy (non-hydrogen) atoms. The molecular formula is C18H19BrFN. The summed E-state index contributed by atoms with van der Waals surface area (Å²) >= 11 is 3.27. The highest BCUT2D eigenvalue weighted by Gasteiger charge is 2.33. The summed E-state index contributed by atoms with van der Waals surface area (Å²) in [5.41, 5.74) is 10.2. The van der Waals surface area contributed by atoms with Gasteiger partial charge in [-0.25, -0.2) is 4.39 Å². The van der Waals surface area contributed by atoms with E-state index in [0.29, 0.717) is 11.0 Å². The molecule has 0 aliphatic heterocycles. The molecule has 0 radical (unpaired) electrons. The highest BCUT2D eigenvalue weighted by molar-refractivity contribution is 9.10. The van der Waals surface area contributed by atoms with Gasteiger partial charge in [0.1, 0.15) is 5.82 Å². The summed E-state index contributed by atoms with van der Waals surface area (Å²) in [6, 6.07) is 13.9. The van der Waals surface area contributed by atoms with Crippen LogP contribution in [0.1, 0.15) is 23.1 Å². The molecule has 0 spiro atoms. The molecule has 2 aromatic rings. The van der Waals surface area contributed by atoms with Crippen molar-refractivity contribution in [2.45, 2.75) is 25.7 Å². The molecule has 0 heterocycles. The summed E-state index contributed by atoms with van der Waals surface area (Å²) in [4.78, 5) is 0. The van der Waals surface area contributed by atoms with Crippen LogP contribution in [0.2, 0.25) is 0 Å². The van der Waals surface area contributed by atoms with Crippen LogP contribution in [0.5, 0.6) is 0 Å². The van der Waals surface area contributed by atoms with Gasteiger partial charge in [0.25, 0.3) is 0 Å². The number of benzene rings is 2. The fourth-order valence-corrected chi connectivity index (χ4v) is 3.77. The molecule has 0 saturated heterocycles. The predicted octanol–water partition coefficient (Wildman–Crippen LogP) is 4.26. The molecule has 1 atom stereocenters. The molecule has 2 aromatic carbocycles. The van der Waals surface area contributed by atoms with E-state index in [9.17, 15) is 4.39 Å². The minimum absolute atomic E-state index is 0.0889. The monoisotopic (exact) mass is 347 g/mol. The molecule has 3 rings (SSSR count). The van der Waals surface area contributed by atoms with Crippen LogP contribution < -0.4 is 5.73 Å². The highest BCUT2D eigenvalue weighted by atomic mass is 79.9. The van der Waals surface area contributed by atoms with Crippen LogP contribution >= 0.6 is 15.9 Å². The van der Waals surface area contributed by atoms with E-state index in [1.54, 1.807) is 0 Å².